The summed E-state index contributed by atoms with van der Waals surface area (Å²) < 4.78 is 2.10. The Hall–Kier alpha value is -2.29. The minimum Gasteiger partial charge on any atom is -0.352 e. The molecule has 0 bridgehead atoms. The number of para-hydroxylation sites is 2. The molecule has 102 valence electrons. The SMILES string of the molecule is CCc1ccccc1CNc1nc2ccccc2n1C. The Morgan fingerprint density at radius 2 is 1.70 bits per heavy atom. The highest BCUT2D eigenvalue weighted by Crippen LogP contribution is 2.18. The minimum atomic E-state index is 0.807. The zero-order valence-corrected chi connectivity index (χ0v) is 11.9. The van der Waals surface area contributed by atoms with Crippen molar-refractivity contribution < 1.29 is 0 Å². The van der Waals surface area contributed by atoms with Crippen molar-refractivity contribution in [2.75, 3.05) is 5.32 Å². The first-order valence-corrected chi connectivity index (χ1v) is 7.01. The summed E-state index contributed by atoms with van der Waals surface area (Å²) in [4.78, 5) is 4.63. The zero-order valence-electron chi connectivity index (χ0n) is 11.9. The average Bonchev–Trinajstić information content (AvgIpc) is 2.82. The number of nitrogens with one attached hydrogen (secondary N) is 1. The molecule has 2 aromatic carbocycles. The van der Waals surface area contributed by atoms with Crippen molar-refractivity contribution in [1.29, 1.82) is 0 Å². The van der Waals surface area contributed by atoms with Gasteiger partial charge in [0.1, 0.15) is 0 Å². The van der Waals surface area contributed by atoms with Crippen LogP contribution in [0.15, 0.2) is 48.5 Å². The van der Waals surface area contributed by atoms with Gasteiger partial charge >= 0.3 is 0 Å². The van der Waals surface area contributed by atoms with E-state index >= 15 is 0 Å². The monoisotopic (exact) mass is 265 g/mol. The van der Waals surface area contributed by atoms with Crippen molar-refractivity contribution >= 4 is 17.0 Å². The Labute approximate surface area is 119 Å². The van der Waals surface area contributed by atoms with Crippen LogP contribution < -0.4 is 5.32 Å². The van der Waals surface area contributed by atoms with Gasteiger partial charge in [-0.15, -0.1) is 0 Å². The van der Waals surface area contributed by atoms with Gasteiger partial charge in [-0.2, -0.15) is 0 Å². The van der Waals surface area contributed by atoms with Crippen molar-refractivity contribution in [2.45, 2.75) is 19.9 Å². The summed E-state index contributed by atoms with van der Waals surface area (Å²) in [5, 5.41) is 3.45. The van der Waals surface area contributed by atoms with Crippen LogP contribution in [0.5, 0.6) is 0 Å². The van der Waals surface area contributed by atoms with Gasteiger partial charge in [0.15, 0.2) is 0 Å². The largest absolute Gasteiger partial charge is 0.352 e. The maximum Gasteiger partial charge on any atom is 0.203 e. The second kappa shape index (κ2) is 5.37. The smallest absolute Gasteiger partial charge is 0.203 e. The summed E-state index contributed by atoms with van der Waals surface area (Å²) >= 11 is 0. The van der Waals surface area contributed by atoms with E-state index < -0.39 is 0 Å². The van der Waals surface area contributed by atoms with Gasteiger partial charge in [-0.1, -0.05) is 43.3 Å². The van der Waals surface area contributed by atoms with Crippen LogP contribution in [0.25, 0.3) is 11.0 Å². The first-order valence-electron chi connectivity index (χ1n) is 7.01. The highest BCUT2D eigenvalue weighted by atomic mass is 15.2. The Morgan fingerprint density at radius 1 is 1.00 bits per heavy atom. The Kier molecular flexibility index (Phi) is 3.42. The molecule has 20 heavy (non-hydrogen) atoms. The van der Waals surface area contributed by atoms with E-state index in [-0.39, 0.29) is 0 Å². The lowest BCUT2D eigenvalue weighted by Crippen LogP contribution is -2.06. The van der Waals surface area contributed by atoms with Crippen LogP contribution in [-0.4, -0.2) is 9.55 Å². The van der Waals surface area contributed by atoms with Crippen LogP contribution in [0, 0.1) is 0 Å². The highest BCUT2D eigenvalue weighted by Gasteiger charge is 2.07. The first kappa shape index (κ1) is 12.7. The number of hydrogen-bond acceptors (Lipinski definition) is 2. The lowest BCUT2D eigenvalue weighted by Gasteiger charge is -2.10. The third-order valence-corrected chi connectivity index (χ3v) is 3.72. The van der Waals surface area contributed by atoms with E-state index in [0.717, 1.165) is 29.9 Å². The van der Waals surface area contributed by atoms with Crippen molar-refractivity contribution in [2.24, 2.45) is 7.05 Å². The first-order chi connectivity index (χ1) is 9.79. The van der Waals surface area contributed by atoms with Crippen LogP contribution in [0.3, 0.4) is 0 Å². The van der Waals surface area contributed by atoms with Crippen LogP contribution in [-0.2, 0) is 20.0 Å². The van der Waals surface area contributed by atoms with E-state index in [0.29, 0.717) is 0 Å². The molecular weight excluding hydrogens is 246 g/mol. The molecule has 0 amide bonds. The molecule has 0 unspecified atom stereocenters. The number of nitrogens with zero attached hydrogens (tertiary/aromatic N) is 2. The number of imidazole rings is 1. The third kappa shape index (κ3) is 2.27. The Morgan fingerprint density at radius 3 is 2.45 bits per heavy atom. The van der Waals surface area contributed by atoms with E-state index in [1.165, 1.54) is 11.1 Å². The second-order valence-corrected chi connectivity index (χ2v) is 4.96. The van der Waals surface area contributed by atoms with Crippen molar-refractivity contribution in [3.8, 4) is 0 Å². The molecule has 3 aromatic rings. The molecule has 0 saturated carbocycles. The lowest BCUT2D eigenvalue weighted by atomic mass is 10.1. The molecule has 3 rings (SSSR count). The summed E-state index contributed by atoms with van der Waals surface area (Å²) in [7, 11) is 2.05. The summed E-state index contributed by atoms with van der Waals surface area (Å²) in [6.45, 7) is 3.00. The quantitative estimate of drug-likeness (QED) is 0.778. The predicted octanol–water partition coefficient (Wildman–Crippen LogP) is 3.75. The number of benzene rings is 2. The number of aromatic nitrogens is 2. The van der Waals surface area contributed by atoms with Gasteiger partial charge in [0.2, 0.25) is 5.95 Å². The molecule has 0 radical (unpaired) electrons. The van der Waals surface area contributed by atoms with Gasteiger partial charge < -0.3 is 9.88 Å². The number of fused-ring (bicyclic) bond motifs is 1. The summed E-state index contributed by atoms with van der Waals surface area (Å²) in [6, 6.07) is 16.7. The fraction of sp³-hybridized carbons (Fsp3) is 0.235. The lowest BCUT2D eigenvalue weighted by molar-refractivity contribution is 0.921. The standard InChI is InChI=1S/C17H19N3/c1-3-13-8-4-5-9-14(13)12-18-17-19-15-10-6-7-11-16(15)20(17)2/h4-11H,3,12H2,1-2H3,(H,18,19). The molecule has 0 aliphatic rings. The molecule has 3 nitrogen and oxygen atoms in total. The zero-order chi connectivity index (χ0) is 13.9. The van der Waals surface area contributed by atoms with Gasteiger partial charge in [-0.05, 0) is 29.7 Å². The average molecular weight is 265 g/mol. The molecule has 3 heteroatoms. The fourth-order valence-electron chi connectivity index (χ4n) is 2.55. The predicted molar refractivity (Wildman–Crippen MR) is 83.9 cm³/mol. The van der Waals surface area contributed by atoms with Crippen molar-refractivity contribution in [1.82, 2.24) is 9.55 Å². The number of anilines is 1. The number of hydrogen-bond donors (Lipinski definition) is 1. The molecular formula is C17H19N3. The molecule has 0 atom stereocenters. The van der Waals surface area contributed by atoms with E-state index in [9.17, 15) is 0 Å². The van der Waals surface area contributed by atoms with E-state index in [2.05, 4.69) is 52.1 Å². The topological polar surface area (TPSA) is 29.9 Å². The molecule has 0 aliphatic heterocycles. The normalized spacial score (nSPS) is 10.9. The molecule has 1 heterocycles. The maximum atomic E-state index is 4.63. The fourth-order valence-corrected chi connectivity index (χ4v) is 2.55. The Bertz CT molecular complexity index is 728. The van der Waals surface area contributed by atoms with E-state index in [1.54, 1.807) is 0 Å². The molecule has 0 aliphatic carbocycles. The van der Waals surface area contributed by atoms with Crippen LogP contribution in [0.1, 0.15) is 18.1 Å². The highest BCUT2D eigenvalue weighted by molar-refractivity contribution is 5.78. The summed E-state index contributed by atoms with van der Waals surface area (Å²) in [6.07, 6.45) is 1.06. The van der Waals surface area contributed by atoms with Gasteiger partial charge in [0, 0.05) is 13.6 Å². The van der Waals surface area contributed by atoms with Crippen molar-refractivity contribution in [3.63, 3.8) is 0 Å². The van der Waals surface area contributed by atoms with Gasteiger partial charge in [-0.25, -0.2) is 4.98 Å². The minimum absolute atomic E-state index is 0.807. The molecule has 0 saturated heterocycles. The maximum absolute atomic E-state index is 4.63. The van der Waals surface area contributed by atoms with Crippen LogP contribution in [0.2, 0.25) is 0 Å². The van der Waals surface area contributed by atoms with Gasteiger partial charge in [-0.3, -0.25) is 0 Å². The van der Waals surface area contributed by atoms with Gasteiger partial charge in [0.25, 0.3) is 0 Å². The second-order valence-electron chi connectivity index (χ2n) is 4.96. The third-order valence-electron chi connectivity index (χ3n) is 3.72. The van der Waals surface area contributed by atoms with E-state index in [4.69, 9.17) is 0 Å². The van der Waals surface area contributed by atoms with E-state index in [1.807, 2.05) is 25.2 Å². The Balaban J connectivity index is 1.85. The molecule has 0 fully saturated rings. The molecule has 1 N–H and O–H groups in total. The van der Waals surface area contributed by atoms with Crippen LogP contribution >= 0.6 is 0 Å². The molecule has 0 spiro atoms. The summed E-state index contributed by atoms with van der Waals surface area (Å²) in [5.74, 6) is 0.914. The molecule has 1 aromatic heterocycles. The number of rotatable bonds is 4. The van der Waals surface area contributed by atoms with Crippen molar-refractivity contribution in [3.05, 3.63) is 59.7 Å². The number of aryl methyl sites for hydroxylation is 2. The van der Waals surface area contributed by atoms with Crippen LogP contribution in [0.4, 0.5) is 5.95 Å². The summed E-state index contributed by atoms with van der Waals surface area (Å²) in [5.41, 5.74) is 4.90. The van der Waals surface area contributed by atoms with Gasteiger partial charge in [0.05, 0.1) is 11.0 Å².